The van der Waals surface area contributed by atoms with Crippen molar-refractivity contribution in [1.82, 2.24) is 9.55 Å². The van der Waals surface area contributed by atoms with E-state index in [4.69, 9.17) is 9.72 Å². The molecule has 5 nitrogen and oxygen atoms in total. The lowest BCUT2D eigenvalue weighted by Gasteiger charge is -2.08. The normalized spacial score (nSPS) is 12.0. The zero-order valence-electron chi connectivity index (χ0n) is 18.3. The minimum Gasteiger partial charge on any atom is -0.380 e. The molecule has 33 heavy (non-hydrogen) atoms. The average molecular weight is 454 g/mol. The molecule has 0 fully saturated rings. The maximum Gasteiger partial charge on any atom is 0.280 e. The maximum atomic E-state index is 13.5. The molecule has 5 aromatic rings. The molecule has 0 aliphatic rings. The van der Waals surface area contributed by atoms with Gasteiger partial charge in [-0.1, -0.05) is 72.0 Å². The summed E-state index contributed by atoms with van der Waals surface area (Å²) in [6, 6.07) is 27.6. The van der Waals surface area contributed by atoms with E-state index >= 15 is 0 Å². The van der Waals surface area contributed by atoms with Crippen molar-refractivity contribution in [2.24, 2.45) is 4.99 Å². The van der Waals surface area contributed by atoms with Crippen molar-refractivity contribution in [2.45, 2.75) is 13.5 Å². The van der Waals surface area contributed by atoms with Gasteiger partial charge in [0.2, 0.25) is 0 Å². The molecule has 0 N–H and O–H groups in total. The van der Waals surface area contributed by atoms with Crippen LogP contribution in [-0.4, -0.2) is 28.7 Å². The zero-order chi connectivity index (χ0) is 22.6. The molecular weight excluding hydrogens is 430 g/mol. The van der Waals surface area contributed by atoms with E-state index in [2.05, 4.69) is 21.7 Å². The van der Waals surface area contributed by atoms with E-state index in [0.29, 0.717) is 30.1 Å². The summed E-state index contributed by atoms with van der Waals surface area (Å²) in [5.41, 5.74) is 4.10. The number of amides is 1. The fourth-order valence-electron chi connectivity index (χ4n) is 3.88. The Labute approximate surface area is 195 Å². The molecular formula is C27H23N3O2S. The molecule has 0 atom stereocenters. The summed E-state index contributed by atoms with van der Waals surface area (Å²) in [6.45, 7) is 3.83. The molecule has 0 aliphatic heterocycles. The first kappa shape index (κ1) is 21.2. The van der Waals surface area contributed by atoms with E-state index < -0.39 is 0 Å². The summed E-state index contributed by atoms with van der Waals surface area (Å²) in [5.74, 6) is -0.275. The lowest BCUT2D eigenvalue weighted by molar-refractivity contribution is 0.0998. The first-order valence-electron chi connectivity index (χ1n) is 10.9. The highest BCUT2D eigenvalue weighted by Gasteiger charge is 2.15. The van der Waals surface area contributed by atoms with Crippen LogP contribution in [0.2, 0.25) is 0 Å². The fourth-order valence-corrected chi connectivity index (χ4v) is 4.93. The fraction of sp³-hybridized carbons (Fsp3) is 0.148. The first-order valence-corrected chi connectivity index (χ1v) is 11.8. The van der Waals surface area contributed by atoms with Gasteiger partial charge >= 0.3 is 0 Å². The quantitative estimate of drug-likeness (QED) is 0.310. The Hall–Kier alpha value is -3.61. The van der Waals surface area contributed by atoms with Crippen molar-refractivity contribution in [3.05, 3.63) is 95.3 Å². The smallest absolute Gasteiger partial charge is 0.280 e. The second kappa shape index (κ2) is 9.48. The Morgan fingerprint density at radius 2 is 1.76 bits per heavy atom. The van der Waals surface area contributed by atoms with Gasteiger partial charge < -0.3 is 9.30 Å². The summed E-state index contributed by atoms with van der Waals surface area (Å²) < 4.78 is 8.72. The molecule has 0 saturated carbocycles. The van der Waals surface area contributed by atoms with E-state index in [0.717, 1.165) is 32.4 Å². The lowest BCUT2D eigenvalue weighted by Crippen LogP contribution is -2.20. The van der Waals surface area contributed by atoms with Crippen molar-refractivity contribution >= 4 is 38.4 Å². The molecule has 164 valence electrons. The predicted octanol–water partition coefficient (Wildman–Crippen LogP) is 5.70. The van der Waals surface area contributed by atoms with Crippen LogP contribution in [0.1, 0.15) is 17.3 Å². The third kappa shape index (κ3) is 4.35. The molecule has 0 spiro atoms. The molecule has 0 aliphatic carbocycles. The molecule has 1 amide bonds. The Kier molecular flexibility index (Phi) is 6.11. The molecule has 3 aromatic carbocycles. The van der Waals surface area contributed by atoms with E-state index in [1.807, 2.05) is 79.7 Å². The number of hydrogen-bond acceptors (Lipinski definition) is 4. The SMILES string of the molecule is CCOCCn1c(=NC(=O)c2cc(-c3ccccc3)nc3ccccc23)sc2ccccc21. The molecule has 0 unspecified atom stereocenters. The van der Waals surface area contributed by atoms with Gasteiger partial charge in [-0.3, -0.25) is 4.79 Å². The number of aromatic nitrogens is 2. The Balaban J connectivity index is 1.65. The standard InChI is InChI=1S/C27H23N3O2S/c1-2-32-17-16-30-24-14-8-9-15-25(24)33-27(30)29-26(31)21-18-23(19-10-4-3-5-11-19)28-22-13-7-6-12-20(21)22/h3-15,18H,2,16-17H2,1H3. The Bertz CT molecular complexity index is 1500. The van der Waals surface area contributed by atoms with Crippen molar-refractivity contribution in [3.8, 4) is 11.3 Å². The van der Waals surface area contributed by atoms with E-state index in [1.54, 1.807) is 0 Å². The predicted molar refractivity (Wildman–Crippen MR) is 133 cm³/mol. The number of fused-ring (bicyclic) bond motifs is 2. The number of para-hydroxylation sites is 2. The topological polar surface area (TPSA) is 56.5 Å². The molecule has 0 saturated heterocycles. The molecule has 2 aromatic heterocycles. The molecule has 6 heteroatoms. The van der Waals surface area contributed by atoms with Crippen LogP contribution in [0.25, 0.3) is 32.4 Å². The number of rotatable bonds is 6. The summed E-state index contributed by atoms with van der Waals surface area (Å²) in [7, 11) is 0. The van der Waals surface area contributed by atoms with Crippen molar-refractivity contribution in [3.63, 3.8) is 0 Å². The Morgan fingerprint density at radius 3 is 2.61 bits per heavy atom. The highest BCUT2D eigenvalue weighted by Crippen LogP contribution is 2.25. The first-order chi connectivity index (χ1) is 16.2. The van der Waals surface area contributed by atoms with E-state index in [9.17, 15) is 4.79 Å². The number of benzene rings is 3. The summed E-state index contributed by atoms with van der Waals surface area (Å²) in [4.78, 5) is 23.6. The number of hydrogen-bond donors (Lipinski definition) is 0. The van der Waals surface area contributed by atoms with Crippen molar-refractivity contribution in [1.29, 1.82) is 0 Å². The third-order valence-electron chi connectivity index (χ3n) is 5.46. The minimum absolute atomic E-state index is 0.275. The van der Waals surface area contributed by atoms with Crippen LogP contribution in [0.5, 0.6) is 0 Å². The highest BCUT2D eigenvalue weighted by molar-refractivity contribution is 7.16. The zero-order valence-corrected chi connectivity index (χ0v) is 19.1. The lowest BCUT2D eigenvalue weighted by atomic mass is 10.0. The van der Waals surface area contributed by atoms with Crippen LogP contribution in [0.3, 0.4) is 0 Å². The minimum atomic E-state index is -0.275. The van der Waals surface area contributed by atoms with Crippen molar-refractivity contribution < 1.29 is 9.53 Å². The maximum absolute atomic E-state index is 13.5. The van der Waals surface area contributed by atoms with Gasteiger partial charge in [0.15, 0.2) is 4.80 Å². The number of thiazole rings is 1. The van der Waals surface area contributed by atoms with Gasteiger partial charge in [-0.15, -0.1) is 0 Å². The number of nitrogens with zero attached hydrogens (tertiary/aromatic N) is 3. The van der Waals surface area contributed by atoms with Gasteiger partial charge in [-0.2, -0.15) is 4.99 Å². The van der Waals surface area contributed by atoms with Crippen LogP contribution in [0.15, 0.2) is 89.9 Å². The molecule has 2 heterocycles. The number of pyridine rings is 1. The van der Waals surface area contributed by atoms with Gasteiger partial charge in [0.05, 0.1) is 33.6 Å². The van der Waals surface area contributed by atoms with Gasteiger partial charge in [-0.05, 0) is 31.2 Å². The molecule has 0 radical (unpaired) electrons. The van der Waals surface area contributed by atoms with E-state index in [1.165, 1.54) is 11.3 Å². The van der Waals surface area contributed by atoms with Crippen LogP contribution >= 0.6 is 11.3 Å². The van der Waals surface area contributed by atoms with Gasteiger partial charge in [-0.25, -0.2) is 4.98 Å². The van der Waals surface area contributed by atoms with Gasteiger partial charge in [0.25, 0.3) is 5.91 Å². The highest BCUT2D eigenvalue weighted by atomic mass is 32.1. The van der Waals surface area contributed by atoms with Gasteiger partial charge in [0.1, 0.15) is 0 Å². The number of carbonyl (C=O) groups is 1. The van der Waals surface area contributed by atoms with Crippen LogP contribution < -0.4 is 4.80 Å². The van der Waals surface area contributed by atoms with Crippen molar-refractivity contribution in [2.75, 3.05) is 13.2 Å². The number of carbonyl (C=O) groups excluding carboxylic acids is 1. The van der Waals surface area contributed by atoms with Crippen LogP contribution in [0, 0.1) is 0 Å². The van der Waals surface area contributed by atoms with E-state index in [-0.39, 0.29) is 5.91 Å². The second-order valence-electron chi connectivity index (χ2n) is 7.56. The van der Waals surface area contributed by atoms with Gasteiger partial charge in [0, 0.05) is 24.1 Å². The van der Waals surface area contributed by atoms with Crippen LogP contribution in [0.4, 0.5) is 0 Å². The largest absolute Gasteiger partial charge is 0.380 e. The molecule has 5 rings (SSSR count). The molecule has 0 bridgehead atoms. The summed E-state index contributed by atoms with van der Waals surface area (Å²) >= 11 is 1.52. The number of ether oxygens (including phenoxy) is 1. The van der Waals surface area contributed by atoms with Crippen LogP contribution in [-0.2, 0) is 11.3 Å². The summed E-state index contributed by atoms with van der Waals surface area (Å²) in [5, 5.41) is 0.799. The second-order valence-corrected chi connectivity index (χ2v) is 8.57. The Morgan fingerprint density at radius 1 is 1.00 bits per heavy atom. The third-order valence-corrected chi connectivity index (χ3v) is 6.52. The monoisotopic (exact) mass is 453 g/mol. The summed E-state index contributed by atoms with van der Waals surface area (Å²) in [6.07, 6.45) is 0. The average Bonchev–Trinajstić information content (AvgIpc) is 3.21.